The number of carbonyl (C=O) groups is 2. The maximum Gasteiger partial charge on any atom is 0.333 e. The van der Waals surface area contributed by atoms with Crippen molar-refractivity contribution >= 4 is 36.6 Å². The van der Waals surface area contributed by atoms with Gasteiger partial charge in [-0.1, -0.05) is 25.7 Å². The van der Waals surface area contributed by atoms with Crippen molar-refractivity contribution in [2.45, 2.75) is 51.0 Å². The molecule has 8 heteroatoms. The number of urea groups is 1. The Bertz CT molecular complexity index is 961. The molecule has 1 aliphatic heterocycles. The molecular formula is C23H33N3O4Si. The van der Waals surface area contributed by atoms with E-state index in [1.165, 1.54) is 4.90 Å². The number of imide groups is 1. The van der Waals surface area contributed by atoms with Crippen molar-refractivity contribution in [3.63, 3.8) is 0 Å². The summed E-state index contributed by atoms with van der Waals surface area (Å²) in [6, 6.07) is 9.11. The van der Waals surface area contributed by atoms with Crippen LogP contribution >= 0.6 is 0 Å². The lowest BCUT2D eigenvalue weighted by atomic mass is 9.80. The largest absolute Gasteiger partial charge is 0.396 e. The third-order valence-electron chi connectivity index (χ3n) is 6.42. The first kappa shape index (κ1) is 22.0. The summed E-state index contributed by atoms with van der Waals surface area (Å²) in [5.74, 6) is 0.207. The maximum atomic E-state index is 13.2. The minimum Gasteiger partial charge on any atom is -0.396 e. The zero-order chi connectivity index (χ0) is 22.2. The molecule has 3 amide bonds. The lowest BCUT2D eigenvalue weighted by Crippen LogP contribution is -2.53. The molecule has 1 saturated carbocycles. The minimum atomic E-state index is -1.23. The van der Waals surface area contributed by atoms with Crippen molar-refractivity contribution in [1.82, 2.24) is 9.47 Å². The summed E-state index contributed by atoms with van der Waals surface area (Å²) in [6.45, 7) is 8.03. The van der Waals surface area contributed by atoms with Gasteiger partial charge in [-0.3, -0.25) is 9.69 Å². The van der Waals surface area contributed by atoms with Crippen molar-refractivity contribution in [3.05, 3.63) is 30.5 Å². The first-order chi connectivity index (χ1) is 14.8. The molecule has 7 nitrogen and oxygen atoms in total. The Morgan fingerprint density at radius 1 is 1.16 bits per heavy atom. The normalized spacial score (nSPS) is 22.3. The van der Waals surface area contributed by atoms with E-state index in [9.17, 15) is 14.7 Å². The number of carbonyl (C=O) groups excluding carboxylic acids is 2. The summed E-state index contributed by atoms with van der Waals surface area (Å²) in [6.07, 6.45) is 4.32. The molecule has 1 aromatic carbocycles. The number of rotatable bonds is 8. The van der Waals surface area contributed by atoms with Crippen LogP contribution < -0.4 is 4.90 Å². The van der Waals surface area contributed by atoms with E-state index in [2.05, 4.69) is 42.5 Å². The Morgan fingerprint density at radius 2 is 1.94 bits per heavy atom. The van der Waals surface area contributed by atoms with Crippen molar-refractivity contribution in [3.8, 4) is 0 Å². The highest BCUT2D eigenvalue weighted by molar-refractivity contribution is 6.76. The van der Waals surface area contributed by atoms with E-state index in [4.69, 9.17) is 4.74 Å². The SMILES string of the molecule is C[Si](C)(C)CCOCN1C(=O)CCN(c2cccc3c2ccn3C2CC(CO)C2)C1=O. The number of amides is 3. The zero-order valence-corrected chi connectivity index (χ0v) is 19.7. The van der Waals surface area contributed by atoms with Crippen LogP contribution in [-0.2, 0) is 9.53 Å². The van der Waals surface area contributed by atoms with Gasteiger partial charge in [0.1, 0.15) is 6.73 Å². The van der Waals surface area contributed by atoms with Crippen LogP contribution in [0.2, 0.25) is 25.7 Å². The van der Waals surface area contributed by atoms with Crippen LogP contribution in [0, 0.1) is 5.92 Å². The van der Waals surface area contributed by atoms with Crippen LogP contribution in [0.5, 0.6) is 0 Å². The molecule has 0 radical (unpaired) electrons. The lowest BCUT2D eigenvalue weighted by Gasteiger charge is -2.36. The lowest BCUT2D eigenvalue weighted by molar-refractivity contribution is -0.133. The Labute approximate surface area is 184 Å². The Morgan fingerprint density at radius 3 is 2.65 bits per heavy atom. The number of fused-ring (bicyclic) bond motifs is 1. The van der Waals surface area contributed by atoms with E-state index < -0.39 is 8.07 Å². The summed E-state index contributed by atoms with van der Waals surface area (Å²) in [5, 5.41) is 10.3. The van der Waals surface area contributed by atoms with Gasteiger partial charge in [0.25, 0.3) is 0 Å². The van der Waals surface area contributed by atoms with E-state index in [-0.39, 0.29) is 25.3 Å². The van der Waals surface area contributed by atoms with Gasteiger partial charge >= 0.3 is 6.03 Å². The molecule has 168 valence electrons. The molecule has 0 unspecified atom stereocenters. The second kappa shape index (κ2) is 8.76. The number of aromatic nitrogens is 1. The van der Waals surface area contributed by atoms with Crippen molar-refractivity contribution in [2.75, 3.05) is 31.4 Å². The number of nitrogens with zero attached hydrogens (tertiary/aromatic N) is 3. The van der Waals surface area contributed by atoms with Crippen molar-refractivity contribution in [1.29, 1.82) is 0 Å². The van der Waals surface area contributed by atoms with E-state index in [1.807, 2.05) is 12.1 Å². The fourth-order valence-electron chi connectivity index (χ4n) is 4.38. The summed E-state index contributed by atoms with van der Waals surface area (Å²) in [7, 11) is -1.23. The predicted octanol–water partition coefficient (Wildman–Crippen LogP) is 4.06. The number of anilines is 1. The summed E-state index contributed by atoms with van der Waals surface area (Å²) < 4.78 is 7.96. The average Bonchev–Trinajstić information content (AvgIpc) is 3.10. The molecule has 31 heavy (non-hydrogen) atoms. The van der Waals surface area contributed by atoms with E-state index in [0.29, 0.717) is 31.5 Å². The van der Waals surface area contributed by atoms with Gasteiger partial charge in [0, 0.05) is 51.9 Å². The Balaban J connectivity index is 1.50. The van der Waals surface area contributed by atoms with E-state index in [1.54, 1.807) is 4.90 Å². The van der Waals surface area contributed by atoms with E-state index in [0.717, 1.165) is 35.5 Å². The maximum absolute atomic E-state index is 13.2. The molecule has 0 atom stereocenters. The second-order valence-corrected chi connectivity index (χ2v) is 15.6. The third-order valence-corrected chi connectivity index (χ3v) is 8.13. The smallest absolute Gasteiger partial charge is 0.333 e. The van der Waals surface area contributed by atoms with Crippen LogP contribution in [0.25, 0.3) is 10.9 Å². The molecule has 2 aliphatic rings. The zero-order valence-electron chi connectivity index (χ0n) is 18.7. The summed E-state index contributed by atoms with van der Waals surface area (Å²) in [5.41, 5.74) is 1.92. The molecule has 2 heterocycles. The van der Waals surface area contributed by atoms with Crippen LogP contribution in [0.1, 0.15) is 25.3 Å². The van der Waals surface area contributed by atoms with Crippen LogP contribution in [0.3, 0.4) is 0 Å². The molecule has 1 N–H and O–H groups in total. The van der Waals surface area contributed by atoms with Crippen molar-refractivity contribution < 1.29 is 19.4 Å². The molecule has 4 rings (SSSR count). The first-order valence-electron chi connectivity index (χ1n) is 11.2. The number of aliphatic hydroxyl groups excluding tert-OH is 1. The molecule has 0 spiro atoms. The van der Waals surface area contributed by atoms with Gasteiger partial charge in [0.2, 0.25) is 5.91 Å². The monoisotopic (exact) mass is 443 g/mol. The van der Waals surface area contributed by atoms with Crippen LogP contribution in [-0.4, -0.2) is 61.1 Å². The number of aliphatic hydroxyl groups is 1. The van der Waals surface area contributed by atoms with Gasteiger partial charge in [-0.25, -0.2) is 9.69 Å². The van der Waals surface area contributed by atoms with Gasteiger partial charge in [-0.2, -0.15) is 0 Å². The van der Waals surface area contributed by atoms with Crippen LogP contribution in [0.15, 0.2) is 30.5 Å². The number of ether oxygens (including phenoxy) is 1. The van der Waals surface area contributed by atoms with Crippen LogP contribution in [0.4, 0.5) is 10.5 Å². The Kier molecular flexibility index (Phi) is 6.23. The fraction of sp³-hybridized carbons (Fsp3) is 0.565. The van der Waals surface area contributed by atoms with Crippen molar-refractivity contribution in [2.24, 2.45) is 5.92 Å². The minimum absolute atomic E-state index is 0.0141. The predicted molar refractivity (Wildman–Crippen MR) is 124 cm³/mol. The highest BCUT2D eigenvalue weighted by atomic mass is 28.3. The molecule has 1 aliphatic carbocycles. The van der Waals surface area contributed by atoms with Gasteiger partial charge in [-0.15, -0.1) is 0 Å². The third kappa shape index (κ3) is 4.56. The Hall–Kier alpha value is -2.16. The fourth-order valence-corrected chi connectivity index (χ4v) is 5.13. The van der Waals surface area contributed by atoms with Gasteiger partial charge in [0.05, 0.1) is 11.2 Å². The number of benzene rings is 1. The number of hydrogen-bond donors (Lipinski definition) is 1. The summed E-state index contributed by atoms with van der Waals surface area (Å²) in [4.78, 5) is 28.5. The second-order valence-electron chi connectivity index (χ2n) is 9.96. The highest BCUT2D eigenvalue weighted by Crippen LogP contribution is 2.41. The molecule has 1 aromatic heterocycles. The van der Waals surface area contributed by atoms with Gasteiger partial charge in [0.15, 0.2) is 0 Å². The standard InChI is InChI=1S/C23H33N3O4Si/c1-31(2,3)12-11-30-16-26-22(28)8-10-25(23(26)29)21-6-4-5-20-19(21)7-9-24(20)18-13-17(14-18)15-27/h4-7,9,17-18,27H,8,10-16H2,1-3H3. The van der Waals surface area contributed by atoms with Gasteiger partial charge < -0.3 is 14.4 Å². The highest BCUT2D eigenvalue weighted by Gasteiger charge is 2.35. The summed E-state index contributed by atoms with van der Waals surface area (Å²) >= 11 is 0. The molecule has 2 fully saturated rings. The molecule has 1 saturated heterocycles. The molecule has 0 bridgehead atoms. The van der Waals surface area contributed by atoms with E-state index >= 15 is 0 Å². The average molecular weight is 444 g/mol. The molecular weight excluding hydrogens is 410 g/mol. The van der Waals surface area contributed by atoms with Gasteiger partial charge in [-0.05, 0) is 43.0 Å². The molecule has 2 aromatic rings. The quantitative estimate of drug-likeness (QED) is 0.493. The number of hydrogen-bond acceptors (Lipinski definition) is 4. The topological polar surface area (TPSA) is 75.0 Å². The first-order valence-corrected chi connectivity index (χ1v) is 14.9.